The Morgan fingerprint density at radius 2 is 2.00 bits per heavy atom. The van der Waals surface area contributed by atoms with Gasteiger partial charge in [0.2, 0.25) is 0 Å². The summed E-state index contributed by atoms with van der Waals surface area (Å²) in [5, 5.41) is 0.702. The average Bonchev–Trinajstić information content (AvgIpc) is 3.18. The maximum Gasteiger partial charge on any atom is 0.262 e. The third-order valence-electron chi connectivity index (χ3n) is 5.72. The second kappa shape index (κ2) is 8.59. The molecule has 1 aliphatic heterocycles. The number of carbonyl (C=O) groups is 1. The van der Waals surface area contributed by atoms with Gasteiger partial charge in [0.25, 0.3) is 11.5 Å². The summed E-state index contributed by atoms with van der Waals surface area (Å²) >= 11 is 1.51. The number of fused-ring (bicyclic) bond motifs is 3. The van der Waals surface area contributed by atoms with Crippen LogP contribution in [0.1, 0.15) is 21.6 Å². The number of carbonyl (C=O) groups excluding carboxylic acids is 1. The molecule has 0 fully saturated rings. The largest absolute Gasteiger partial charge is 0.484 e. The highest BCUT2D eigenvalue weighted by Gasteiger charge is 2.26. The fraction of sp³-hybridized carbons (Fsp3) is 0.240. The Morgan fingerprint density at radius 1 is 1.16 bits per heavy atom. The molecule has 0 saturated heterocycles. The Kier molecular flexibility index (Phi) is 5.49. The van der Waals surface area contributed by atoms with Crippen molar-refractivity contribution in [2.24, 2.45) is 0 Å². The summed E-state index contributed by atoms with van der Waals surface area (Å²) in [6.07, 6.45) is 2.28. The van der Waals surface area contributed by atoms with Crippen LogP contribution < -0.4 is 10.3 Å². The molecule has 1 aliphatic rings. The van der Waals surface area contributed by atoms with E-state index in [-0.39, 0.29) is 18.1 Å². The van der Waals surface area contributed by atoms with E-state index < -0.39 is 0 Å². The topological polar surface area (TPSA) is 64.4 Å². The number of aryl methyl sites for hydroxylation is 1. The van der Waals surface area contributed by atoms with Crippen LogP contribution in [0.5, 0.6) is 5.75 Å². The van der Waals surface area contributed by atoms with Crippen molar-refractivity contribution in [3.8, 4) is 5.75 Å². The zero-order valence-electron chi connectivity index (χ0n) is 17.8. The monoisotopic (exact) mass is 445 g/mol. The van der Waals surface area contributed by atoms with Crippen molar-refractivity contribution in [2.45, 2.75) is 26.4 Å². The van der Waals surface area contributed by atoms with Crippen LogP contribution in [0, 0.1) is 6.92 Å². The maximum atomic E-state index is 13.3. The number of benzene rings is 2. The predicted octanol–water partition coefficient (Wildman–Crippen LogP) is 3.78. The van der Waals surface area contributed by atoms with Crippen molar-refractivity contribution < 1.29 is 9.53 Å². The summed E-state index contributed by atoms with van der Waals surface area (Å²) in [5.41, 5.74) is 3.27. The van der Waals surface area contributed by atoms with Crippen LogP contribution >= 0.6 is 11.3 Å². The standard InChI is InChI=1S/C25H23N3O3S/c1-17-6-5-7-18(12-17)13-28-16-26-24-23(25(28)30)20-10-11-27(14-21(20)32-24)22(29)15-31-19-8-3-2-4-9-19/h2-9,12,16H,10-11,13-15H2,1H3. The SMILES string of the molecule is Cc1cccc(Cn2cnc3sc4c(c3c2=O)CCN(C(=O)COc2ccccc2)C4)c1. The van der Waals surface area contributed by atoms with Gasteiger partial charge in [-0.15, -0.1) is 11.3 Å². The molecule has 0 spiro atoms. The minimum atomic E-state index is -0.0539. The molecule has 3 heterocycles. The lowest BCUT2D eigenvalue weighted by atomic mass is 10.1. The first kappa shape index (κ1) is 20.5. The molecule has 162 valence electrons. The van der Waals surface area contributed by atoms with Crippen LogP contribution in [0.25, 0.3) is 10.2 Å². The Hall–Kier alpha value is -3.45. The molecule has 2 aromatic heterocycles. The van der Waals surface area contributed by atoms with Gasteiger partial charge in [-0.3, -0.25) is 14.2 Å². The molecule has 0 unspecified atom stereocenters. The number of ether oxygens (including phenoxy) is 1. The van der Waals surface area contributed by atoms with Gasteiger partial charge in [0.15, 0.2) is 6.61 Å². The predicted molar refractivity (Wildman–Crippen MR) is 125 cm³/mol. The fourth-order valence-electron chi connectivity index (χ4n) is 4.10. The average molecular weight is 446 g/mol. The van der Waals surface area contributed by atoms with Crippen molar-refractivity contribution in [3.05, 3.63) is 92.8 Å². The minimum absolute atomic E-state index is 0.00574. The molecule has 5 rings (SSSR count). The number of hydrogen-bond donors (Lipinski definition) is 0. The van der Waals surface area contributed by atoms with Gasteiger partial charge in [0.1, 0.15) is 10.6 Å². The quantitative estimate of drug-likeness (QED) is 0.469. The molecule has 0 saturated carbocycles. The molecular formula is C25H23N3O3S. The van der Waals surface area contributed by atoms with Gasteiger partial charge in [-0.25, -0.2) is 4.98 Å². The highest BCUT2D eigenvalue weighted by molar-refractivity contribution is 7.18. The van der Waals surface area contributed by atoms with E-state index in [0.717, 1.165) is 20.8 Å². The van der Waals surface area contributed by atoms with Crippen LogP contribution in [-0.2, 0) is 24.3 Å². The zero-order valence-corrected chi connectivity index (χ0v) is 18.6. The molecule has 32 heavy (non-hydrogen) atoms. The highest BCUT2D eigenvalue weighted by atomic mass is 32.1. The summed E-state index contributed by atoms with van der Waals surface area (Å²) in [4.78, 5) is 34.1. The van der Waals surface area contributed by atoms with E-state index in [2.05, 4.69) is 11.1 Å². The molecule has 0 atom stereocenters. The van der Waals surface area contributed by atoms with Crippen LogP contribution in [-0.4, -0.2) is 33.5 Å². The molecule has 7 heteroatoms. The van der Waals surface area contributed by atoms with Crippen molar-refractivity contribution in [3.63, 3.8) is 0 Å². The highest BCUT2D eigenvalue weighted by Crippen LogP contribution is 2.32. The Morgan fingerprint density at radius 3 is 2.81 bits per heavy atom. The number of para-hydroxylation sites is 1. The van der Waals surface area contributed by atoms with Gasteiger partial charge in [0.05, 0.1) is 24.8 Å². The lowest BCUT2D eigenvalue weighted by molar-refractivity contribution is -0.134. The summed E-state index contributed by atoms with van der Waals surface area (Å²) in [6, 6.07) is 17.5. The summed E-state index contributed by atoms with van der Waals surface area (Å²) in [7, 11) is 0. The third-order valence-corrected chi connectivity index (χ3v) is 6.85. The normalized spacial score (nSPS) is 13.2. The van der Waals surface area contributed by atoms with Crippen molar-refractivity contribution in [1.82, 2.24) is 14.5 Å². The number of thiophene rings is 1. The van der Waals surface area contributed by atoms with Crippen LogP contribution in [0.4, 0.5) is 0 Å². The van der Waals surface area contributed by atoms with Gasteiger partial charge in [-0.05, 0) is 36.6 Å². The fourth-order valence-corrected chi connectivity index (χ4v) is 5.30. The molecule has 2 aromatic carbocycles. The number of amides is 1. The molecule has 0 N–H and O–H groups in total. The summed E-state index contributed by atoms with van der Waals surface area (Å²) in [6.45, 7) is 3.61. The Bertz CT molecular complexity index is 1340. The smallest absolute Gasteiger partial charge is 0.262 e. The van der Waals surface area contributed by atoms with Crippen molar-refractivity contribution >= 4 is 27.5 Å². The Balaban J connectivity index is 1.35. The summed E-state index contributed by atoms with van der Waals surface area (Å²) in [5.74, 6) is 0.626. The summed E-state index contributed by atoms with van der Waals surface area (Å²) < 4.78 is 7.29. The van der Waals surface area contributed by atoms with Crippen LogP contribution in [0.15, 0.2) is 65.7 Å². The van der Waals surface area contributed by atoms with E-state index in [0.29, 0.717) is 37.2 Å². The molecule has 0 radical (unpaired) electrons. The van der Waals surface area contributed by atoms with Crippen LogP contribution in [0.3, 0.4) is 0 Å². The lowest BCUT2D eigenvalue weighted by Crippen LogP contribution is -2.38. The number of hydrogen-bond acceptors (Lipinski definition) is 5. The van der Waals surface area contributed by atoms with E-state index in [1.54, 1.807) is 15.8 Å². The molecule has 0 bridgehead atoms. The zero-order chi connectivity index (χ0) is 22.1. The first-order chi connectivity index (χ1) is 15.6. The van der Waals surface area contributed by atoms with Crippen molar-refractivity contribution in [1.29, 1.82) is 0 Å². The van der Waals surface area contributed by atoms with Gasteiger partial charge < -0.3 is 9.64 Å². The molecule has 1 amide bonds. The van der Waals surface area contributed by atoms with E-state index in [1.807, 2.05) is 55.5 Å². The van der Waals surface area contributed by atoms with Crippen LogP contribution in [0.2, 0.25) is 0 Å². The van der Waals surface area contributed by atoms with Crippen molar-refractivity contribution in [2.75, 3.05) is 13.2 Å². The van der Waals surface area contributed by atoms with Gasteiger partial charge in [0, 0.05) is 11.4 Å². The first-order valence-electron chi connectivity index (χ1n) is 10.6. The molecule has 0 aliphatic carbocycles. The van der Waals surface area contributed by atoms with E-state index in [1.165, 1.54) is 16.9 Å². The number of rotatable bonds is 5. The molecular weight excluding hydrogens is 422 g/mol. The minimum Gasteiger partial charge on any atom is -0.484 e. The van der Waals surface area contributed by atoms with E-state index in [4.69, 9.17) is 4.74 Å². The second-order valence-electron chi connectivity index (χ2n) is 8.02. The Labute approximate surface area is 189 Å². The lowest BCUT2D eigenvalue weighted by Gasteiger charge is -2.27. The number of aromatic nitrogens is 2. The van der Waals surface area contributed by atoms with Gasteiger partial charge in [-0.1, -0.05) is 48.0 Å². The van der Waals surface area contributed by atoms with Gasteiger partial charge >= 0.3 is 0 Å². The van der Waals surface area contributed by atoms with E-state index in [9.17, 15) is 9.59 Å². The molecule has 4 aromatic rings. The first-order valence-corrected chi connectivity index (χ1v) is 11.4. The van der Waals surface area contributed by atoms with Gasteiger partial charge in [-0.2, -0.15) is 0 Å². The number of nitrogens with zero attached hydrogens (tertiary/aromatic N) is 3. The third kappa shape index (κ3) is 4.03. The maximum absolute atomic E-state index is 13.3. The molecule has 6 nitrogen and oxygen atoms in total. The van der Waals surface area contributed by atoms with E-state index >= 15 is 0 Å². The second-order valence-corrected chi connectivity index (χ2v) is 9.10.